The molecule has 0 aliphatic heterocycles. The van der Waals surface area contributed by atoms with Crippen LogP contribution in [0.25, 0.3) is 0 Å². The zero-order valence-corrected chi connectivity index (χ0v) is 9.43. The number of rotatable bonds is 7. The highest BCUT2D eigenvalue weighted by Crippen LogP contribution is 2.00. The van der Waals surface area contributed by atoms with E-state index in [1.165, 1.54) is 0 Å². The van der Waals surface area contributed by atoms with Gasteiger partial charge in [0, 0.05) is 6.54 Å². The predicted molar refractivity (Wildman–Crippen MR) is 62.3 cm³/mol. The van der Waals surface area contributed by atoms with Crippen molar-refractivity contribution in [3.05, 3.63) is 0 Å². The maximum absolute atomic E-state index is 10.9. The summed E-state index contributed by atoms with van der Waals surface area (Å²) in [6.45, 7) is 0.563. The molecule has 0 aliphatic rings. The Morgan fingerprint density at radius 3 is 2.67 bits per heavy atom. The van der Waals surface area contributed by atoms with E-state index >= 15 is 0 Å². The van der Waals surface area contributed by atoms with Gasteiger partial charge in [0.2, 0.25) is 11.0 Å². The van der Waals surface area contributed by atoms with Crippen molar-refractivity contribution in [2.75, 3.05) is 6.54 Å². The minimum absolute atomic E-state index is 0.106. The first-order valence-corrected chi connectivity index (χ1v) is 5.21. The largest absolute Gasteiger partial charge is 0.355 e. The third-order valence-electron chi connectivity index (χ3n) is 1.84. The molecule has 84 valence electrons. The molecule has 0 saturated carbocycles. The molecule has 0 aliphatic carbocycles. The van der Waals surface area contributed by atoms with Gasteiger partial charge in [0.25, 0.3) is 0 Å². The fraction of sp³-hybridized carbons (Fsp3) is 0.600. The van der Waals surface area contributed by atoms with Crippen molar-refractivity contribution in [3.63, 3.8) is 0 Å². The van der Waals surface area contributed by atoms with E-state index in [1.54, 1.807) is 0 Å². The van der Waals surface area contributed by atoms with Gasteiger partial charge in [0.1, 0.15) is 0 Å². The van der Waals surface area contributed by atoms with Crippen LogP contribution in [-0.4, -0.2) is 23.6 Å². The Balaban J connectivity index is 3.37. The molecule has 15 heavy (non-hydrogen) atoms. The molecule has 0 saturated heterocycles. The van der Waals surface area contributed by atoms with E-state index in [2.05, 4.69) is 23.9 Å². The van der Waals surface area contributed by atoms with Crippen LogP contribution in [0.2, 0.25) is 0 Å². The summed E-state index contributed by atoms with van der Waals surface area (Å²) < 4.78 is 0. The molecule has 1 unspecified atom stereocenters. The van der Waals surface area contributed by atoms with E-state index in [-0.39, 0.29) is 17.4 Å². The Morgan fingerprint density at radius 2 is 2.13 bits per heavy atom. The van der Waals surface area contributed by atoms with Crippen molar-refractivity contribution in [1.29, 1.82) is 0 Å². The Kier molecular flexibility index (Phi) is 7.78. The number of nitrogens with two attached hydrogens (primary N) is 1. The minimum Gasteiger partial charge on any atom is -0.355 e. The minimum atomic E-state index is -0.505. The van der Waals surface area contributed by atoms with Gasteiger partial charge in [-0.25, -0.2) is 0 Å². The number of hydrogen-bond acceptors (Lipinski definition) is 3. The molecule has 0 aromatic heterocycles. The van der Waals surface area contributed by atoms with Crippen molar-refractivity contribution >= 4 is 23.7 Å². The molecule has 1 atom stereocenters. The molecule has 3 N–H and O–H groups in total. The highest BCUT2D eigenvalue weighted by atomic mass is 32.1. The maximum atomic E-state index is 10.9. The highest BCUT2D eigenvalue weighted by Gasteiger charge is 2.07. The number of thiol groups is 1. The lowest BCUT2D eigenvalue weighted by molar-refractivity contribution is -0.120. The first kappa shape index (κ1) is 14.0. The number of terminal acetylenes is 1. The second kappa shape index (κ2) is 8.33. The summed E-state index contributed by atoms with van der Waals surface area (Å²) in [4.78, 5) is 21.6. The van der Waals surface area contributed by atoms with Crippen LogP contribution in [0.1, 0.15) is 25.7 Å². The molecule has 0 heterocycles. The van der Waals surface area contributed by atoms with Crippen molar-refractivity contribution in [3.8, 4) is 12.3 Å². The van der Waals surface area contributed by atoms with Gasteiger partial charge in [-0.15, -0.1) is 19.1 Å². The third kappa shape index (κ3) is 8.03. The van der Waals surface area contributed by atoms with Crippen molar-refractivity contribution < 1.29 is 9.59 Å². The zero-order chi connectivity index (χ0) is 11.7. The summed E-state index contributed by atoms with van der Waals surface area (Å²) in [7, 11) is 0. The summed E-state index contributed by atoms with van der Waals surface area (Å²) in [5, 5.41) is 2.36. The summed E-state index contributed by atoms with van der Waals surface area (Å²) in [6, 6.07) is -0.505. The van der Waals surface area contributed by atoms with Crippen LogP contribution < -0.4 is 11.1 Å². The van der Waals surface area contributed by atoms with Crippen molar-refractivity contribution in [2.24, 2.45) is 5.73 Å². The molecular formula is C10H16N2O2S. The number of carbonyl (C=O) groups is 2. The maximum Gasteiger partial charge on any atom is 0.232 e. The summed E-state index contributed by atoms with van der Waals surface area (Å²) >= 11 is 3.62. The quantitative estimate of drug-likeness (QED) is 0.328. The number of hydrogen-bond donors (Lipinski definition) is 3. The van der Waals surface area contributed by atoms with E-state index in [0.29, 0.717) is 13.0 Å². The van der Waals surface area contributed by atoms with Gasteiger partial charge >= 0.3 is 0 Å². The zero-order valence-electron chi connectivity index (χ0n) is 8.53. The van der Waals surface area contributed by atoms with E-state index in [1.807, 2.05) is 0 Å². The second-order valence-corrected chi connectivity index (χ2v) is 3.61. The van der Waals surface area contributed by atoms with Crippen molar-refractivity contribution in [2.45, 2.75) is 31.7 Å². The van der Waals surface area contributed by atoms with Gasteiger partial charge in [-0.2, -0.15) is 0 Å². The number of amides is 1. The summed E-state index contributed by atoms with van der Waals surface area (Å²) in [5.74, 6) is 2.11. The Labute approximate surface area is 95.4 Å². The second-order valence-electron chi connectivity index (χ2n) is 3.17. The highest BCUT2D eigenvalue weighted by molar-refractivity contribution is 7.96. The molecule has 0 bridgehead atoms. The van der Waals surface area contributed by atoms with E-state index in [0.717, 1.165) is 12.8 Å². The van der Waals surface area contributed by atoms with Gasteiger partial charge in [0.05, 0.1) is 12.5 Å². The smallest absolute Gasteiger partial charge is 0.232 e. The summed E-state index contributed by atoms with van der Waals surface area (Å²) in [5.41, 5.74) is 5.47. The van der Waals surface area contributed by atoms with Gasteiger partial charge in [-0.3, -0.25) is 9.59 Å². The van der Waals surface area contributed by atoms with Crippen LogP contribution >= 0.6 is 12.6 Å². The van der Waals surface area contributed by atoms with Crippen LogP contribution in [0, 0.1) is 12.3 Å². The molecule has 4 nitrogen and oxygen atoms in total. The SMILES string of the molecule is C#CCC(=O)NCCCCC(N)C(=O)S. The molecule has 1 amide bonds. The monoisotopic (exact) mass is 228 g/mol. The fourth-order valence-corrected chi connectivity index (χ4v) is 1.12. The normalized spacial score (nSPS) is 11.5. The van der Waals surface area contributed by atoms with Gasteiger partial charge in [-0.1, -0.05) is 5.92 Å². The standard InChI is InChI=1S/C10H16N2O2S/c1-2-5-9(13)12-7-4-3-6-8(11)10(14)15/h1,8H,3-7,11H2,(H,12,13)(H,14,15). The van der Waals surface area contributed by atoms with E-state index in [4.69, 9.17) is 12.2 Å². The molecule has 0 fully saturated rings. The molecule has 0 aromatic carbocycles. The summed E-state index contributed by atoms with van der Waals surface area (Å²) in [6.07, 6.45) is 7.22. The van der Waals surface area contributed by atoms with Crippen LogP contribution in [0.5, 0.6) is 0 Å². The first-order valence-electron chi connectivity index (χ1n) is 4.76. The first-order chi connectivity index (χ1) is 7.07. The fourth-order valence-electron chi connectivity index (χ4n) is 0.996. The predicted octanol–water partition coefficient (Wildman–Crippen LogP) is 0.0799. The van der Waals surface area contributed by atoms with E-state index < -0.39 is 6.04 Å². The molecular weight excluding hydrogens is 212 g/mol. The number of nitrogens with one attached hydrogen (secondary N) is 1. The van der Waals surface area contributed by atoms with Crippen LogP contribution in [0.3, 0.4) is 0 Å². The molecule has 0 rings (SSSR count). The number of unbranched alkanes of at least 4 members (excludes halogenated alkanes) is 1. The molecule has 0 radical (unpaired) electrons. The average Bonchev–Trinajstić information content (AvgIpc) is 2.17. The lowest BCUT2D eigenvalue weighted by Crippen LogP contribution is -2.27. The lowest BCUT2D eigenvalue weighted by Gasteiger charge is -2.06. The number of carbonyl (C=O) groups excluding carboxylic acids is 2. The Hall–Kier alpha value is -0.990. The van der Waals surface area contributed by atoms with Gasteiger partial charge in [-0.05, 0) is 19.3 Å². The third-order valence-corrected chi connectivity index (χ3v) is 2.18. The average molecular weight is 228 g/mol. The van der Waals surface area contributed by atoms with E-state index in [9.17, 15) is 9.59 Å². The van der Waals surface area contributed by atoms with Gasteiger partial charge < -0.3 is 11.1 Å². The van der Waals surface area contributed by atoms with Crippen LogP contribution in [-0.2, 0) is 9.59 Å². The Bertz CT molecular complexity index is 261. The van der Waals surface area contributed by atoms with Gasteiger partial charge in [0.15, 0.2) is 0 Å². The topological polar surface area (TPSA) is 72.2 Å². The Morgan fingerprint density at radius 1 is 1.47 bits per heavy atom. The molecule has 0 aromatic rings. The molecule has 0 spiro atoms. The van der Waals surface area contributed by atoms with Crippen LogP contribution in [0.4, 0.5) is 0 Å². The molecule has 5 heteroatoms. The van der Waals surface area contributed by atoms with Crippen molar-refractivity contribution in [1.82, 2.24) is 5.32 Å². The van der Waals surface area contributed by atoms with Crippen LogP contribution in [0.15, 0.2) is 0 Å². The lowest BCUT2D eigenvalue weighted by atomic mass is 10.1.